The van der Waals surface area contributed by atoms with E-state index in [2.05, 4.69) is 0 Å². The molecule has 1 atom stereocenters. The van der Waals surface area contributed by atoms with E-state index in [1.165, 1.54) is 6.92 Å². The lowest BCUT2D eigenvalue weighted by Gasteiger charge is -2.40. The molecule has 2 aromatic rings. The van der Waals surface area contributed by atoms with Gasteiger partial charge in [-0.15, -0.1) is 0 Å². The van der Waals surface area contributed by atoms with Crippen LogP contribution in [0.4, 0.5) is 0 Å². The molecule has 0 radical (unpaired) electrons. The Morgan fingerprint density at radius 2 is 1.78 bits per heavy atom. The number of hydrogen-bond acceptors (Lipinski definition) is 3. The molecule has 27 heavy (non-hydrogen) atoms. The van der Waals surface area contributed by atoms with Crippen LogP contribution in [0.3, 0.4) is 0 Å². The molecule has 1 amide bonds. The lowest BCUT2D eigenvalue weighted by atomic mass is 9.73. The molecule has 1 saturated heterocycles. The maximum atomic E-state index is 13.5. The molecule has 1 unspecified atom stereocenters. The number of carbonyl (C=O) groups excluding carboxylic acids is 2. The minimum Gasteiger partial charge on any atom is -0.462 e. The highest BCUT2D eigenvalue weighted by molar-refractivity contribution is 5.91. The number of benzene rings is 2. The van der Waals surface area contributed by atoms with Crippen LogP contribution in [-0.2, 0) is 26.3 Å². The molecule has 2 aromatic carbocycles. The van der Waals surface area contributed by atoms with Gasteiger partial charge in [-0.1, -0.05) is 66.7 Å². The van der Waals surface area contributed by atoms with Gasteiger partial charge in [0.05, 0.1) is 5.41 Å². The summed E-state index contributed by atoms with van der Waals surface area (Å²) >= 11 is 0. The molecule has 1 heterocycles. The Bertz CT molecular complexity index is 801. The molecular weight excluding hydrogens is 338 g/mol. The van der Waals surface area contributed by atoms with E-state index in [-0.39, 0.29) is 18.5 Å². The predicted octanol–water partition coefficient (Wildman–Crippen LogP) is 3.87. The van der Waals surface area contributed by atoms with Crippen LogP contribution in [0.5, 0.6) is 0 Å². The summed E-state index contributed by atoms with van der Waals surface area (Å²) in [6.45, 7) is 2.91. The van der Waals surface area contributed by atoms with Crippen molar-refractivity contribution in [3.05, 3.63) is 83.9 Å². The SMILES string of the molecule is CC(=O)OC/C=C/C1(c2ccccc2)CCCN(Cc2ccccc2)C1=O. The van der Waals surface area contributed by atoms with Crippen LogP contribution in [0.25, 0.3) is 0 Å². The summed E-state index contributed by atoms with van der Waals surface area (Å²) in [4.78, 5) is 26.5. The summed E-state index contributed by atoms with van der Waals surface area (Å²) in [5, 5.41) is 0. The lowest BCUT2D eigenvalue weighted by Crippen LogP contribution is -2.50. The van der Waals surface area contributed by atoms with Crippen molar-refractivity contribution in [3.63, 3.8) is 0 Å². The second-order valence-corrected chi connectivity index (χ2v) is 6.86. The summed E-state index contributed by atoms with van der Waals surface area (Å²) in [6.07, 6.45) is 5.38. The van der Waals surface area contributed by atoms with Gasteiger partial charge in [0.25, 0.3) is 0 Å². The smallest absolute Gasteiger partial charge is 0.302 e. The molecule has 0 aromatic heterocycles. The third-order valence-electron chi connectivity index (χ3n) is 4.96. The number of carbonyl (C=O) groups is 2. The largest absolute Gasteiger partial charge is 0.462 e. The van der Waals surface area contributed by atoms with Crippen LogP contribution in [-0.4, -0.2) is 29.9 Å². The fourth-order valence-electron chi connectivity index (χ4n) is 3.66. The second kappa shape index (κ2) is 8.67. The topological polar surface area (TPSA) is 46.6 Å². The van der Waals surface area contributed by atoms with E-state index in [0.717, 1.165) is 30.5 Å². The Morgan fingerprint density at radius 3 is 2.44 bits per heavy atom. The van der Waals surface area contributed by atoms with Crippen molar-refractivity contribution in [2.45, 2.75) is 31.7 Å². The number of amides is 1. The normalized spacial score (nSPS) is 20.0. The number of piperidine rings is 1. The zero-order valence-corrected chi connectivity index (χ0v) is 15.6. The van der Waals surface area contributed by atoms with Gasteiger partial charge < -0.3 is 9.64 Å². The molecule has 1 aliphatic heterocycles. The Hall–Kier alpha value is -2.88. The van der Waals surface area contributed by atoms with Crippen LogP contribution in [0.2, 0.25) is 0 Å². The van der Waals surface area contributed by atoms with Crippen LogP contribution < -0.4 is 0 Å². The zero-order valence-electron chi connectivity index (χ0n) is 15.6. The van der Waals surface area contributed by atoms with Crippen molar-refractivity contribution >= 4 is 11.9 Å². The number of likely N-dealkylation sites (tertiary alicyclic amines) is 1. The van der Waals surface area contributed by atoms with Gasteiger partial charge in [0.2, 0.25) is 5.91 Å². The molecule has 0 aliphatic carbocycles. The highest BCUT2D eigenvalue weighted by Gasteiger charge is 2.43. The summed E-state index contributed by atoms with van der Waals surface area (Å²) in [5.41, 5.74) is 1.39. The average Bonchev–Trinajstić information content (AvgIpc) is 2.69. The van der Waals surface area contributed by atoms with Gasteiger partial charge in [0.1, 0.15) is 6.61 Å². The molecule has 140 valence electrons. The standard InChI is InChI=1S/C23H25NO3/c1-19(25)27-17-9-15-23(21-12-6-3-7-13-21)14-8-16-24(22(23)26)18-20-10-4-2-5-11-20/h2-7,9-13,15H,8,14,16-18H2,1H3/b15-9+. The highest BCUT2D eigenvalue weighted by atomic mass is 16.5. The maximum Gasteiger partial charge on any atom is 0.302 e. The fraction of sp³-hybridized carbons (Fsp3) is 0.304. The van der Waals surface area contributed by atoms with Crippen molar-refractivity contribution in [2.75, 3.05) is 13.2 Å². The average molecular weight is 363 g/mol. The molecule has 1 aliphatic rings. The molecule has 4 heteroatoms. The lowest BCUT2D eigenvalue weighted by molar-refractivity contribution is -0.139. The van der Waals surface area contributed by atoms with Crippen LogP contribution in [0.15, 0.2) is 72.8 Å². The van der Waals surface area contributed by atoms with Gasteiger partial charge in [-0.3, -0.25) is 9.59 Å². The third kappa shape index (κ3) is 4.45. The second-order valence-electron chi connectivity index (χ2n) is 6.86. The Kier molecular flexibility index (Phi) is 6.07. The monoisotopic (exact) mass is 363 g/mol. The molecule has 4 nitrogen and oxygen atoms in total. The summed E-state index contributed by atoms with van der Waals surface area (Å²) in [5.74, 6) is -0.225. The Morgan fingerprint density at radius 1 is 1.11 bits per heavy atom. The van der Waals surface area contributed by atoms with Gasteiger partial charge in [-0.05, 0) is 30.0 Å². The summed E-state index contributed by atoms with van der Waals surface area (Å²) in [7, 11) is 0. The van der Waals surface area contributed by atoms with Gasteiger partial charge >= 0.3 is 5.97 Å². The van der Waals surface area contributed by atoms with E-state index >= 15 is 0 Å². The molecule has 1 fully saturated rings. The first-order valence-corrected chi connectivity index (χ1v) is 9.32. The summed E-state index contributed by atoms with van der Waals surface area (Å²) < 4.78 is 5.02. The van der Waals surface area contributed by atoms with E-state index in [1.54, 1.807) is 6.08 Å². The van der Waals surface area contributed by atoms with Gasteiger partial charge in [-0.2, -0.15) is 0 Å². The predicted molar refractivity (Wildman–Crippen MR) is 105 cm³/mol. The van der Waals surface area contributed by atoms with Crippen molar-refractivity contribution in [1.29, 1.82) is 0 Å². The zero-order chi connectivity index (χ0) is 19.1. The first kappa shape index (κ1) is 18.9. The van der Waals surface area contributed by atoms with Gasteiger partial charge in [0, 0.05) is 20.0 Å². The fourth-order valence-corrected chi connectivity index (χ4v) is 3.66. The van der Waals surface area contributed by atoms with E-state index in [4.69, 9.17) is 4.74 Å². The van der Waals surface area contributed by atoms with E-state index in [1.807, 2.05) is 71.6 Å². The third-order valence-corrected chi connectivity index (χ3v) is 4.96. The molecule has 0 spiro atoms. The molecule has 0 saturated carbocycles. The van der Waals surface area contributed by atoms with Crippen LogP contribution >= 0.6 is 0 Å². The number of ether oxygens (including phenoxy) is 1. The maximum absolute atomic E-state index is 13.5. The van der Waals surface area contributed by atoms with E-state index in [9.17, 15) is 9.59 Å². The first-order chi connectivity index (χ1) is 13.1. The minimum absolute atomic E-state index is 0.0999. The number of hydrogen-bond donors (Lipinski definition) is 0. The van der Waals surface area contributed by atoms with Crippen LogP contribution in [0.1, 0.15) is 30.9 Å². The van der Waals surface area contributed by atoms with E-state index < -0.39 is 5.41 Å². The van der Waals surface area contributed by atoms with Crippen molar-refractivity contribution in [1.82, 2.24) is 4.90 Å². The minimum atomic E-state index is -0.714. The van der Waals surface area contributed by atoms with Crippen molar-refractivity contribution < 1.29 is 14.3 Å². The van der Waals surface area contributed by atoms with Gasteiger partial charge in [-0.25, -0.2) is 0 Å². The summed E-state index contributed by atoms with van der Waals surface area (Å²) in [6, 6.07) is 19.9. The van der Waals surface area contributed by atoms with Crippen molar-refractivity contribution in [2.24, 2.45) is 0 Å². The molecule has 0 bridgehead atoms. The van der Waals surface area contributed by atoms with Crippen LogP contribution in [0, 0.1) is 0 Å². The Labute approximate surface area is 160 Å². The quantitative estimate of drug-likeness (QED) is 0.578. The first-order valence-electron chi connectivity index (χ1n) is 9.32. The van der Waals surface area contributed by atoms with Crippen molar-refractivity contribution in [3.8, 4) is 0 Å². The number of esters is 1. The molecule has 3 rings (SSSR count). The molecule has 0 N–H and O–H groups in total. The highest BCUT2D eigenvalue weighted by Crippen LogP contribution is 2.37. The Balaban J connectivity index is 1.89. The van der Waals surface area contributed by atoms with Gasteiger partial charge in [0.15, 0.2) is 0 Å². The molecular formula is C23H25NO3. The van der Waals surface area contributed by atoms with E-state index in [0.29, 0.717) is 6.54 Å². The number of nitrogens with zero attached hydrogens (tertiary/aromatic N) is 1. The number of rotatable bonds is 6.